The Hall–Kier alpha value is -0.715. The van der Waals surface area contributed by atoms with Gasteiger partial charge in [-0.25, -0.2) is 0 Å². The second-order valence-electron chi connectivity index (χ2n) is 4.11. The summed E-state index contributed by atoms with van der Waals surface area (Å²) in [7, 11) is 2.13. The van der Waals surface area contributed by atoms with E-state index in [1.54, 1.807) is 0 Å². The molecule has 0 aliphatic carbocycles. The first-order valence-corrected chi connectivity index (χ1v) is 5.53. The highest BCUT2D eigenvalue weighted by Crippen LogP contribution is 2.18. The standard InChI is InChI=1S/C13H23B/c1-6-11(5)13(10(3)4)9-8-12(14)7-2/h7-10H,6,14H2,1-5H3/b9-8-,12-7+,13-11+. The predicted octanol–water partition coefficient (Wildman–Crippen LogP) is 3.46. The van der Waals surface area contributed by atoms with Crippen LogP contribution in [0, 0.1) is 5.92 Å². The molecule has 14 heavy (non-hydrogen) atoms. The summed E-state index contributed by atoms with van der Waals surface area (Å²) in [6.07, 6.45) is 7.75. The number of allylic oxidation sites excluding steroid dienone is 6. The van der Waals surface area contributed by atoms with Crippen molar-refractivity contribution in [1.82, 2.24) is 0 Å². The quantitative estimate of drug-likeness (QED) is 0.470. The lowest BCUT2D eigenvalue weighted by Gasteiger charge is -2.10. The molecule has 0 aromatic heterocycles. The molecule has 0 unspecified atom stereocenters. The minimum atomic E-state index is 0.621. The van der Waals surface area contributed by atoms with Gasteiger partial charge in [-0.3, -0.25) is 0 Å². The van der Waals surface area contributed by atoms with Gasteiger partial charge in [-0.2, -0.15) is 0 Å². The molecular formula is C13H23B. The third kappa shape index (κ3) is 4.50. The van der Waals surface area contributed by atoms with Gasteiger partial charge in [0.2, 0.25) is 0 Å². The van der Waals surface area contributed by atoms with Gasteiger partial charge in [0.15, 0.2) is 0 Å². The summed E-state index contributed by atoms with van der Waals surface area (Å²) >= 11 is 0. The Labute approximate surface area is 90.2 Å². The third-order valence-electron chi connectivity index (χ3n) is 2.63. The number of rotatable bonds is 4. The Morgan fingerprint density at radius 2 is 1.86 bits per heavy atom. The molecule has 0 rings (SSSR count). The Morgan fingerprint density at radius 3 is 2.21 bits per heavy atom. The Kier molecular flexibility index (Phi) is 6.35. The summed E-state index contributed by atoms with van der Waals surface area (Å²) in [4.78, 5) is 0. The van der Waals surface area contributed by atoms with Gasteiger partial charge in [0.25, 0.3) is 0 Å². The van der Waals surface area contributed by atoms with Crippen LogP contribution in [0.2, 0.25) is 0 Å². The summed E-state index contributed by atoms with van der Waals surface area (Å²) in [6, 6.07) is 0. The van der Waals surface area contributed by atoms with Crippen molar-refractivity contribution >= 4 is 7.85 Å². The highest BCUT2D eigenvalue weighted by molar-refractivity contribution is 6.23. The number of hydrogen-bond donors (Lipinski definition) is 0. The molecule has 0 saturated heterocycles. The smallest absolute Gasteiger partial charge is 0.0940 e. The van der Waals surface area contributed by atoms with E-state index in [1.165, 1.54) is 16.6 Å². The van der Waals surface area contributed by atoms with Crippen LogP contribution in [-0.4, -0.2) is 7.85 Å². The van der Waals surface area contributed by atoms with Crippen LogP contribution in [-0.2, 0) is 0 Å². The third-order valence-corrected chi connectivity index (χ3v) is 2.63. The van der Waals surface area contributed by atoms with Crippen molar-refractivity contribution in [2.24, 2.45) is 5.92 Å². The van der Waals surface area contributed by atoms with Crippen molar-refractivity contribution in [1.29, 1.82) is 0 Å². The van der Waals surface area contributed by atoms with Gasteiger partial charge in [-0.05, 0) is 31.8 Å². The second-order valence-corrected chi connectivity index (χ2v) is 4.11. The molecule has 0 radical (unpaired) electrons. The molecule has 0 heterocycles. The number of hydrogen-bond acceptors (Lipinski definition) is 0. The summed E-state index contributed by atoms with van der Waals surface area (Å²) < 4.78 is 0. The van der Waals surface area contributed by atoms with Gasteiger partial charge in [0.05, 0.1) is 0 Å². The summed E-state index contributed by atoms with van der Waals surface area (Å²) in [5.74, 6) is 0.621. The largest absolute Gasteiger partial charge is 0.138 e. The van der Waals surface area contributed by atoms with E-state index in [4.69, 9.17) is 0 Å². The van der Waals surface area contributed by atoms with Crippen LogP contribution in [0.4, 0.5) is 0 Å². The normalized spacial score (nSPS) is 15.1. The highest BCUT2D eigenvalue weighted by Gasteiger charge is 2.02. The van der Waals surface area contributed by atoms with Gasteiger partial charge in [-0.1, -0.05) is 50.0 Å². The zero-order valence-corrected chi connectivity index (χ0v) is 10.5. The first-order chi connectivity index (χ1) is 6.52. The molecule has 0 amide bonds. The van der Waals surface area contributed by atoms with Gasteiger partial charge in [0.1, 0.15) is 7.85 Å². The van der Waals surface area contributed by atoms with Crippen LogP contribution in [0.5, 0.6) is 0 Å². The molecule has 0 atom stereocenters. The lowest BCUT2D eigenvalue weighted by molar-refractivity contribution is 0.771. The van der Waals surface area contributed by atoms with E-state index in [0.717, 1.165) is 6.42 Å². The van der Waals surface area contributed by atoms with Crippen LogP contribution >= 0.6 is 0 Å². The second kappa shape index (κ2) is 6.70. The van der Waals surface area contributed by atoms with Gasteiger partial charge in [0, 0.05) is 0 Å². The van der Waals surface area contributed by atoms with Gasteiger partial charge < -0.3 is 0 Å². The average molecular weight is 190 g/mol. The molecule has 1 heteroatoms. The molecule has 78 valence electrons. The highest BCUT2D eigenvalue weighted by atomic mass is 14.1. The predicted molar refractivity (Wildman–Crippen MR) is 69.3 cm³/mol. The van der Waals surface area contributed by atoms with E-state index in [2.05, 4.69) is 60.7 Å². The monoisotopic (exact) mass is 190 g/mol. The maximum absolute atomic E-state index is 2.26. The van der Waals surface area contributed by atoms with E-state index < -0.39 is 0 Å². The van der Waals surface area contributed by atoms with Crippen molar-refractivity contribution in [3.05, 3.63) is 34.8 Å². The van der Waals surface area contributed by atoms with Crippen LogP contribution in [0.25, 0.3) is 0 Å². The minimum absolute atomic E-state index is 0.621. The molecule has 0 aromatic carbocycles. The first-order valence-electron chi connectivity index (χ1n) is 5.53. The van der Waals surface area contributed by atoms with Crippen LogP contribution in [0.3, 0.4) is 0 Å². The Morgan fingerprint density at radius 1 is 1.29 bits per heavy atom. The van der Waals surface area contributed by atoms with E-state index in [-0.39, 0.29) is 0 Å². The van der Waals surface area contributed by atoms with Crippen LogP contribution in [0.15, 0.2) is 34.8 Å². The van der Waals surface area contributed by atoms with Gasteiger partial charge >= 0.3 is 0 Å². The summed E-state index contributed by atoms with van der Waals surface area (Å²) in [5.41, 5.74) is 4.31. The molecule has 0 aromatic rings. The van der Waals surface area contributed by atoms with Crippen molar-refractivity contribution < 1.29 is 0 Å². The molecule has 0 nitrogen and oxygen atoms in total. The molecule has 0 aliphatic heterocycles. The molecule has 0 aliphatic rings. The lowest BCUT2D eigenvalue weighted by atomic mass is 9.91. The molecular weight excluding hydrogens is 167 g/mol. The van der Waals surface area contributed by atoms with Crippen LogP contribution in [0.1, 0.15) is 41.0 Å². The summed E-state index contributed by atoms with van der Waals surface area (Å²) in [5, 5.41) is 0. The molecule has 0 fully saturated rings. The fourth-order valence-corrected chi connectivity index (χ4v) is 1.35. The Bertz CT molecular complexity index is 254. The summed E-state index contributed by atoms with van der Waals surface area (Å²) in [6.45, 7) is 11.0. The zero-order chi connectivity index (χ0) is 11.1. The topological polar surface area (TPSA) is 0 Å². The van der Waals surface area contributed by atoms with Crippen molar-refractivity contribution in [3.8, 4) is 0 Å². The molecule has 0 bridgehead atoms. The maximum Gasteiger partial charge on any atom is 0.138 e. The first kappa shape index (κ1) is 13.3. The SMILES string of the molecule is BC(/C=C\C(=C(\C)CC)C(C)C)=C/C. The van der Waals surface area contributed by atoms with E-state index in [9.17, 15) is 0 Å². The Balaban J connectivity index is 4.81. The molecule has 0 N–H and O–H groups in total. The van der Waals surface area contributed by atoms with Crippen LogP contribution < -0.4 is 0 Å². The molecule has 0 spiro atoms. The van der Waals surface area contributed by atoms with Crippen molar-refractivity contribution in [3.63, 3.8) is 0 Å². The minimum Gasteiger partial charge on any atom is -0.0940 e. The fourth-order valence-electron chi connectivity index (χ4n) is 1.35. The van der Waals surface area contributed by atoms with Crippen molar-refractivity contribution in [2.75, 3.05) is 0 Å². The zero-order valence-electron chi connectivity index (χ0n) is 10.5. The lowest BCUT2D eigenvalue weighted by Crippen LogP contribution is -1.94. The van der Waals surface area contributed by atoms with Gasteiger partial charge in [-0.15, -0.1) is 0 Å². The van der Waals surface area contributed by atoms with Crippen molar-refractivity contribution in [2.45, 2.75) is 41.0 Å². The fraction of sp³-hybridized carbons (Fsp3) is 0.538. The maximum atomic E-state index is 2.26. The molecule has 0 saturated carbocycles. The average Bonchev–Trinajstić information content (AvgIpc) is 2.16. The van der Waals surface area contributed by atoms with E-state index in [1.807, 2.05) is 0 Å². The van der Waals surface area contributed by atoms with E-state index >= 15 is 0 Å². The van der Waals surface area contributed by atoms with E-state index in [0.29, 0.717) is 5.92 Å².